The predicted octanol–water partition coefficient (Wildman–Crippen LogP) is 3.71. The molecule has 1 aliphatic rings. The first-order valence-electron chi connectivity index (χ1n) is 7.68. The average molecular weight is 272 g/mol. The summed E-state index contributed by atoms with van der Waals surface area (Å²) < 4.78 is 2.29. The largest absolute Gasteiger partial charge is 0.390 e. The van der Waals surface area contributed by atoms with Gasteiger partial charge in [-0.3, -0.25) is 0 Å². The standard InChI is InChI=1S/C17H24N2O/c1-4-15-18-12-8-5-6-9-13(12)19(15)14-10-7-11-17(2,3)16(14)20/h5-6,8-9,14,16,20H,4,7,10-11H2,1-3H3. The molecule has 3 nitrogen and oxygen atoms in total. The van der Waals surface area contributed by atoms with Gasteiger partial charge in [-0.05, 0) is 30.4 Å². The van der Waals surface area contributed by atoms with Crippen molar-refractivity contribution in [1.82, 2.24) is 9.55 Å². The van der Waals surface area contributed by atoms with Gasteiger partial charge in [0.2, 0.25) is 0 Å². The minimum atomic E-state index is -0.306. The Morgan fingerprint density at radius 3 is 2.85 bits per heavy atom. The maximum absolute atomic E-state index is 10.8. The lowest BCUT2D eigenvalue weighted by Gasteiger charge is -2.42. The lowest BCUT2D eigenvalue weighted by atomic mass is 9.72. The van der Waals surface area contributed by atoms with Crippen LogP contribution in [0, 0.1) is 5.41 Å². The van der Waals surface area contributed by atoms with Gasteiger partial charge in [0.1, 0.15) is 5.82 Å². The highest BCUT2D eigenvalue weighted by atomic mass is 16.3. The quantitative estimate of drug-likeness (QED) is 0.905. The number of aromatic nitrogens is 2. The Kier molecular flexibility index (Phi) is 3.33. The lowest BCUT2D eigenvalue weighted by Crippen LogP contribution is -2.41. The van der Waals surface area contributed by atoms with E-state index in [2.05, 4.69) is 43.5 Å². The summed E-state index contributed by atoms with van der Waals surface area (Å²) in [5.74, 6) is 1.09. The number of benzene rings is 1. The van der Waals surface area contributed by atoms with E-state index in [4.69, 9.17) is 4.98 Å². The van der Waals surface area contributed by atoms with Gasteiger partial charge in [0.05, 0.1) is 23.2 Å². The molecule has 20 heavy (non-hydrogen) atoms. The van der Waals surface area contributed by atoms with Crippen LogP contribution in [0.3, 0.4) is 0 Å². The molecule has 2 atom stereocenters. The van der Waals surface area contributed by atoms with Crippen molar-refractivity contribution in [3.63, 3.8) is 0 Å². The molecule has 0 amide bonds. The van der Waals surface area contributed by atoms with E-state index in [0.29, 0.717) is 0 Å². The average Bonchev–Trinajstić information content (AvgIpc) is 2.80. The highest BCUT2D eigenvalue weighted by Crippen LogP contribution is 2.42. The Morgan fingerprint density at radius 2 is 2.10 bits per heavy atom. The van der Waals surface area contributed by atoms with Crippen LogP contribution in [0.5, 0.6) is 0 Å². The molecule has 0 radical (unpaired) electrons. The fourth-order valence-corrected chi connectivity index (χ4v) is 3.58. The van der Waals surface area contributed by atoms with E-state index in [1.807, 2.05) is 6.07 Å². The lowest BCUT2D eigenvalue weighted by molar-refractivity contribution is -0.0257. The monoisotopic (exact) mass is 272 g/mol. The number of imidazole rings is 1. The van der Waals surface area contributed by atoms with Gasteiger partial charge in [-0.15, -0.1) is 0 Å². The predicted molar refractivity (Wildman–Crippen MR) is 81.8 cm³/mol. The van der Waals surface area contributed by atoms with Crippen LogP contribution >= 0.6 is 0 Å². The summed E-state index contributed by atoms with van der Waals surface area (Å²) in [7, 11) is 0. The highest BCUT2D eigenvalue weighted by molar-refractivity contribution is 5.76. The Hall–Kier alpha value is -1.35. The summed E-state index contributed by atoms with van der Waals surface area (Å²) in [6, 6.07) is 8.42. The Balaban J connectivity index is 2.13. The zero-order valence-electron chi connectivity index (χ0n) is 12.6. The minimum absolute atomic E-state index is 0.0146. The number of aliphatic hydroxyl groups excluding tert-OH is 1. The first-order valence-corrected chi connectivity index (χ1v) is 7.68. The first kappa shape index (κ1) is 13.6. The van der Waals surface area contributed by atoms with E-state index in [9.17, 15) is 5.11 Å². The fraction of sp³-hybridized carbons (Fsp3) is 0.588. The zero-order valence-corrected chi connectivity index (χ0v) is 12.6. The van der Waals surface area contributed by atoms with Crippen molar-refractivity contribution in [3.05, 3.63) is 30.1 Å². The van der Waals surface area contributed by atoms with Crippen LogP contribution in [0.1, 0.15) is 51.9 Å². The number of hydrogen-bond donors (Lipinski definition) is 1. The summed E-state index contributed by atoms with van der Waals surface area (Å²) in [5.41, 5.74) is 2.19. The molecule has 3 heteroatoms. The molecule has 0 saturated heterocycles. The number of rotatable bonds is 2. The van der Waals surface area contributed by atoms with E-state index in [-0.39, 0.29) is 17.6 Å². The van der Waals surface area contributed by atoms with Gasteiger partial charge < -0.3 is 9.67 Å². The molecular formula is C17H24N2O. The molecule has 1 aromatic carbocycles. The van der Waals surface area contributed by atoms with Crippen molar-refractivity contribution in [1.29, 1.82) is 0 Å². The summed E-state index contributed by atoms with van der Waals surface area (Å²) in [6.07, 6.45) is 3.90. The van der Waals surface area contributed by atoms with Crippen LogP contribution < -0.4 is 0 Å². The van der Waals surface area contributed by atoms with Crippen molar-refractivity contribution in [2.75, 3.05) is 0 Å². The summed E-state index contributed by atoms with van der Waals surface area (Å²) >= 11 is 0. The van der Waals surface area contributed by atoms with E-state index < -0.39 is 0 Å². The number of nitrogens with zero attached hydrogens (tertiary/aromatic N) is 2. The maximum atomic E-state index is 10.8. The minimum Gasteiger partial charge on any atom is -0.390 e. The number of para-hydroxylation sites is 2. The molecule has 1 heterocycles. The second-order valence-electron chi connectivity index (χ2n) is 6.63. The molecule has 2 unspecified atom stereocenters. The van der Waals surface area contributed by atoms with Crippen molar-refractivity contribution < 1.29 is 5.11 Å². The molecule has 0 aliphatic heterocycles. The van der Waals surface area contributed by atoms with Crippen LogP contribution in [0.2, 0.25) is 0 Å². The smallest absolute Gasteiger partial charge is 0.109 e. The number of aliphatic hydroxyl groups is 1. The molecule has 1 fully saturated rings. The van der Waals surface area contributed by atoms with Gasteiger partial charge in [0.25, 0.3) is 0 Å². The van der Waals surface area contributed by atoms with Gasteiger partial charge in [0, 0.05) is 6.42 Å². The molecule has 1 N–H and O–H groups in total. The topological polar surface area (TPSA) is 38.0 Å². The normalized spacial score (nSPS) is 26.0. The van der Waals surface area contributed by atoms with Gasteiger partial charge in [-0.25, -0.2) is 4.98 Å². The fourth-order valence-electron chi connectivity index (χ4n) is 3.58. The van der Waals surface area contributed by atoms with Crippen LogP contribution in [-0.2, 0) is 6.42 Å². The third kappa shape index (κ3) is 2.05. The van der Waals surface area contributed by atoms with E-state index >= 15 is 0 Å². The van der Waals surface area contributed by atoms with Crippen LogP contribution in [-0.4, -0.2) is 20.8 Å². The maximum Gasteiger partial charge on any atom is 0.109 e. The Labute approximate surface area is 120 Å². The zero-order chi connectivity index (χ0) is 14.3. The number of hydrogen-bond acceptors (Lipinski definition) is 2. The van der Waals surface area contributed by atoms with Crippen molar-refractivity contribution in [2.45, 2.75) is 58.6 Å². The Morgan fingerprint density at radius 1 is 1.35 bits per heavy atom. The third-order valence-electron chi connectivity index (χ3n) is 4.80. The summed E-state index contributed by atoms with van der Waals surface area (Å²) in [6.45, 7) is 6.49. The third-order valence-corrected chi connectivity index (χ3v) is 4.80. The molecule has 1 aliphatic carbocycles. The van der Waals surface area contributed by atoms with Gasteiger partial charge in [-0.2, -0.15) is 0 Å². The van der Waals surface area contributed by atoms with E-state index in [1.165, 1.54) is 6.42 Å². The van der Waals surface area contributed by atoms with Crippen LogP contribution in [0.15, 0.2) is 24.3 Å². The summed E-state index contributed by atoms with van der Waals surface area (Å²) in [4.78, 5) is 4.74. The highest BCUT2D eigenvalue weighted by Gasteiger charge is 2.39. The first-order chi connectivity index (χ1) is 9.54. The number of aryl methyl sites for hydroxylation is 1. The molecule has 3 rings (SSSR count). The van der Waals surface area contributed by atoms with Crippen LogP contribution in [0.4, 0.5) is 0 Å². The van der Waals surface area contributed by atoms with Crippen LogP contribution in [0.25, 0.3) is 11.0 Å². The SMILES string of the molecule is CCc1nc2ccccc2n1C1CCCC(C)(C)C1O. The molecule has 1 aromatic heterocycles. The molecule has 1 saturated carbocycles. The molecule has 2 aromatic rings. The molecule has 0 bridgehead atoms. The molecule has 108 valence electrons. The van der Waals surface area contributed by atoms with Crippen molar-refractivity contribution in [3.8, 4) is 0 Å². The van der Waals surface area contributed by atoms with E-state index in [1.54, 1.807) is 0 Å². The Bertz CT molecular complexity index is 614. The van der Waals surface area contributed by atoms with Gasteiger partial charge in [-0.1, -0.05) is 39.3 Å². The van der Waals surface area contributed by atoms with Crippen molar-refractivity contribution in [2.24, 2.45) is 5.41 Å². The van der Waals surface area contributed by atoms with Gasteiger partial charge in [0.15, 0.2) is 0 Å². The van der Waals surface area contributed by atoms with Crippen molar-refractivity contribution >= 4 is 11.0 Å². The second kappa shape index (κ2) is 4.88. The molecular weight excluding hydrogens is 248 g/mol. The summed E-state index contributed by atoms with van der Waals surface area (Å²) in [5, 5.41) is 10.8. The van der Waals surface area contributed by atoms with E-state index in [0.717, 1.165) is 36.1 Å². The van der Waals surface area contributed by atoms with Gasteiger partial charge >= 0.3 is 0 Å². The second-order valence-corrected chi connectivity index (χ2v) is 6.63. The number of fused-ring (bicyclic) bond motifs is 1. The molecule has 0 spiro atoms.